The third-order valence-corrected chi connectivity index (χ3v) is 4.86. The van der Waals surface area contributed by atoms with Crippen molar-refractivity contribution >= 4 is 21.9 Å². The van der Waals surface area contributed by atoms with E-state index in [4.69, 9.17) is 14.6 Å². The van der Waals surface area contributed by atoms with Crippen molar-refractivity contribution in [3.05, 3.63) is 79.5 Å². The first-order valence-corrected chi connectivity index (χ1v) is 9.60. The number of halogens is 4. The first-order chi connectivity index (χ1) is 15.0. The molecule has 1 aromatic heterocycles. The van der Waals surface area contributed by atoms with Crippen LogP contribution >= 0.6 is 15.9 Å². The number of aliphatic carboxylic acids is 1. The van der Waals surface area contributed by atoms with Crippen LogP contribution in [0.25, 0.3) is 5.69 Å². The van der Waals surface area contributed by atoms with Gasteiger partial charge in [0.25, 0.3) is 5.56 Å². The summed E-state index contributed by atoms with van der Waals surface area (Å²) in [6.45, 7) is -0.613. The number of ether oxygens (including phenoxy) is 2. The molecule has 0 bridgehead atoms. The maximum atomic E-state index is 13.1. The van der Waals surface area contributed by atoms with E-state index in [0.29, 0.717) is 19.7 Å². The highest BCUT2D eigenvalue weighted by atomic mass is 79.9. The zero-order chi connectivity index (χ0) is 23.6. The molecule has 32 heavy (non-hydrogen) atoms. The number of carboxylic acid groups (broad SMARTS) is 1. The van der Waals surface area contributed by atoms with Crippen molar-refractivity contribution in [1.29, 1.82) is 0 Å². The van der Waals surface area contributed by atoms with E-state index in [0.717, 1.165) is 7.05 Å². The lowest BCUT2D eigenvalue weighted by atomic mass is 10.2. The van der Waals surface area contributed by atoms with E-state index in [9.17, 15) is 27.6 Å². The highest BCUT2D eigenvalue weighted by Crippen LogP contribution is 2.36. The molecule has 3 rings (SSSR count). The van der Waals surface area contributed by atoms with Crippen LogP contribution in [-0.2, 0) is 18.0 Å². The lowest BCUT2D eigenvalue weighted by molar-refractivity contribution is -0.144. The summed E-state index contributed by atoms with van der Waals surface area (Å²) in [5.74, 6) is -0.836. The van der Waals surface area contributed by atoms with Crippen molar-refractivity contribution < 1.29 is 32.5 Å². The van der Waals surface area contributed by atoms with E-state index >= 15 is 0 Å². The molecular formula is C20H14BrF3N2O6. The van der Waals surface area contributed by atoms with Gasteiger partial charge in [-0.3, -0.25) is 9.36 Å². The van der Waals surface area contributed by atoms with E-state index in [-0.39, 0.29) is 22.9 Å². The van der Waals surface area contributed by atoms with Crippen molar-refractivity contribution in [2.24, 2.45) is 7.05 Å². The van der Waals surface area contributed by atoms with Gasteiger partial charge in [-0.05, 0) is 40.2 Å². The van der Waals surface area contributed by atoms with Crippen molar-refractivity contribution in [1.82, 2.24) is 9.13 Å². The van der Waals surface area contributed by atoms with Crippen molar-refractivity contribution in [2.45, 2.75) is 6.18 Å². The number of hydrogen-bond acceptors (Lipinski definition) is 5. The molecule has 0 atom stereocenters. The second-order valence-electron chi connectivity index (χ2n) is 6.39. The normalized spacial score (nSPS) is 11.3. The predicted octanol–water partition coefficient (Wildman–Crippen LogP) is 3.57. The molecule has 0 spiro atoms. The minimum absolute atomic E-state index is 0.0357. The Bertz CT molecular complexity index is 1300. The Balaban J connectivity index is 2.05. The smallest absolute Gasteiger partial charge is 0.431 e. The minimum Gasteiger partial charge on any atom is -0.479 e. The van der Waals surface area contributed by atoms with Gasteiger partial charge in [0.2, 0.25) is 0 Å². The quantitative estimate of drug-likeness (QED) is 0.539. The van der Waals surface area contributed by atoms with Crippen LogP contribution in [0, 0.1) is 0 Å². The van der Waals surface area contributed by atoms with Crippen molar-refractivity contribution in [3.63, 3.8) is 0 Å². The molecule has 0 aliphatic heterocycles. The number of benzene rings is 2. The predicted molar refractivity (Wildman–Crippen MR) is 110 cm³/mol. The van der Waals surface area contributed by atoms with Crippen LogP contribution in [0.4, 0.5) is 13.2 Å². The fourth-order valence-corrected chi connectivity index (χ4v) is 3.08. The van der Waals surface area contributed by atoms with Crippen LogP contribution in [-0.4, -0.2) is 26.8 Å². The molecule has 168 valence electrons. The zero-order valence-electron chi connectivity index (χ0n) is 16.2. The van der Waals surface area contributed by atoms with Crippen LogP contribution in [0.1, 0.15) is 5.69 Å². The van der Waals surface area contributed by atoms with E-state index in [1.165, 1.54) is 30.3 Å². The second-order valence-corrected chi connectivity index (χ2v) is 7.24. The highest BCUT2D eigenvalue weighted by Gasteiger charge is 2.35. The van der Waals surface area contributed by atoms with Crippen LogP contribution in [0.5, 0.6) is 17.2 Å². The number of hydrogen-bond donors (Lipinski definition) is 1. The summed E-state index contributed by atoms with van der Waals surface area (Å²) in [6.07, 6.45) is -4.88. The summed E-state index contributed by atoms with van der Waals surface area (Å²) >= 11 is 3.26. The fraction of sp³-hybridized carbons (Fsp3) is 0.150. The number of carbonyl (C=O) groups is 1. The first kappa shape index (κ1) is 23.1. The van der Waals surface area contributed by atoms with Crippen LogP contribution < -0.4 is 20.7 Å². The third kappa shape index (κ3) is 4.85. The maximum Gasteiger partial charge on any atom is 0.431 e. The minimum atomic E-state index is -4.88. The van der Waals surface area contributed by atoms with Gasteiger partial charge in [-0.15, -0.1) is 0 Å². The summed E-state index contributed by atoms with van der Waals surface area (Å²) in [5, 5.41) is 8.80. The van der Waals surface area contributed by atoms with Crippen LogP contribution in [0.2, 0.25) is 0 Å². The number of para-hydroxylation sites is 2. The van der Waals surface area contributed by atoms with Crippen LogP contribution in [0.3, 0.4) is 0 Å². The Hall–Kier alpha value is -3.54. The van der Waals surface area contributed by atoms with Crippen molar-refractivity contribution in [2.75, 3.05) is 6.61 Å². The van der Waals surface area contributed by atoms with Crippen LogP contribution in [0.15, 0.2) is 62.6 Å². The zero-order valence-corrected chi connectivity index (χ0v) is 17.8. The Morgan fingerprint density at radius 1 is 1.06 bits per heavy atom. The lowest BCUT2D eigenvalue weighted by Gasteiger charge is -2.16. The van der Waals surface area contributed by atoms with Gasteiger partial charge in [-0.25, -0.2) is 14.2 Å². The summed E-state index contributed by atoms with van der Waals surface area (Å²) in [7, 11) is 0.910. The van der Waals surface area contributed by atoms with E-state index in [1.807, 2.05) is 0 Å². The van der Waals surface area contributed by atoms with Gasteiger partial charge in [0.05, 0.1) is 10.2 Å². The molecule has 0 aliphatic carbocycles. The largest absolute Gasteiger partial charge is 0.479 e. The van der Waals surface area contributed by atoms with Gasteiger partial charge in [0.1, 0.15) is 11.4 Å². The van der Waals surface area contributed by atoms with E-state index < -0.39 is 35.7 Å². The monoisotopic (exact) mass is 514 g/mol. The molecule has 0 aliphatic rings. The Morgan fingerprint density at radius 3 is 2.34 bits per heavy atom. The molecule has 0 fully saturated rings. The fourth-order valence-electron chi connectivity index (χ4n) is 2.76. The topological polar surface area (TPSA) is 99.8 Å². The molecule has 3 aromatic rings. The van der Waals surface area contributed by atoms with Gasteiger partial charge in [-0.1, -0.05) is 12.1 Å². The molecule has 0 unspecified atom stereocenters. The first-order valence-electron chi connectivity index (χ1n) is 8.80. The molecule has 0 radical (unpaired) electrons. The van der Waals surface area contributed by atoms with Crippen molar-refractivity contribution in [3.8, 4) is 22.9 Å². The lowest BCUT2D eigenvalue weighted by Crippen LogP contribution is -2.40. The van der Waals surface area contributed by atoms with E-state index in [1.54, 1.807) is 12.1 Å². The summed E-state index contributed by atoms with van der Waals surface area (Å²) < 4.78 is 51.4. The number of carboxylic acids is 1. The molecule has 2 aromatic carbocycles. The second kappa shape index (κ2) is 8.91. The van der Waals surface area contributed by atoms with Gasteiger partial charge in [0.15, 0.2) is 18.1 Å². The van der Waals surface area contributed by atoms with Gasteiger partial charge in [0, 0.05) is 19.2 Å². The molecule has 0 saturated carbocycles. The third-order valence-electron chi connectivity index (χ3n) is 4.20. The average molecular weight is 515 g/mol. The molecule has 0 amide bonds. The van der Waals surface area contributed by atoms with Gasteiger partial charge in [-0.2, -0.15) is 13.2 Å². The Labute approximate surface area is 186 Å². The molecule has 1 N–H and O–H groups in total. The average Bonchev–Trinajstić information content (AvgIpc) is 2.71. The molecular weight excluding hydrogens is 501 g/mol. The summed E-state index contributed by atoms with van der Waals surface area (Å²) in [4.78, 5) is 35.6. The summed E-state index contributed by atoms with van der Waals surface area (Å²) in [5.41, 5.74) is -3.77. The van der Waals surface area contributed by atoms with E-state index in [2.05, 4.69) is 15.9 Å². The summed E-state index contributed by atoms with van der Waals surface area (Å²) in [6, 6.07) is 10.6. The number of alkyl halides is 3. The SMILES string of the molecule is Cn1c(C(F)(F)F)cc(=O)n(-c2ccc(Br)c(Oc3ccccc3OCC(=O)O)c2)c1=O. The Kier molecular flexibility index (Phi) is 6.44. The van der Waals surface area contributed by atoms with Gasteiger partial charge >= 0.3 is 17.8 Å². The number of aromatic nitrogens is 2. The Morgan fingerprint density at radius 2 is 1.72 bits per heavy atom. The molecule has 8 nitrogen and oxygen atoms in total. The standard InChI is InChI=1S/C20H14BrF3N2O6/c1-25-16(20(22,23)24)9-17(27)26(19(25)30)11-6-7-12(21)15(8-11)32-14-5-3-2-4-13(14)31-10-18(28)29/h2-9H,10H2,1H3,(H,28,29). The molecule has 1 heterocycles. The van der Waals surface area contributed by atoms with Gasteiger partial charge < -0.3 is 14.6 Å². The maximum absolute atomic E-state index is 13.1. The molecule has 0 saturated heterocycles. The highest BCUT2D eigenvalue weighted by molar-refractivity contribution is 9.10. The molecule has 12 heteroatoms. The number of nitrogens with zero attached hydrogens (tertiary/aromatic N) is 2. The number of rotatable bonds is 6.